The Morgan fingerprint density at radius 2 is 2.15 bits per heavy atom. The Bertz CT molecular complexity index is 545. The van der Waals surface area contributed by atoms with E-state index in [1.807, 2.05) is 39.0 Å². The molecule has 2 N–H and O–H groups in total. The fraction of sp³-hybridized carbons (Fsp3) is 0.467. The summed E-state index contributed by atoms with van der Waals surface area (Å²) in [7, 11) is 0. The minimum absolute atomic E-state index is 0.0146. The number of carbonyl (C=O) groups excluding carboxylic acids is 1. The van der Waals surface area contributed by atoms with Crippen molar-refractivity contribution in [1.82, 2.24) is 5.32 Å². The summed E-state index contributed by atoms with van der Waals surface area (Å²) in [5.74, 6) is 0.536. The van der Waals surface area contributed by atoms with Crippen LogP contribution in [0.15, 0.2) is 23.4 Å². The molecular weight excluding hydrogens is 256 g/mol. The van der Waals surface area contributed by atoms with Crippen LogP contribution in [0.2, 0.25) is 0 Å². The number of hydrogen-bond acceptors (Lipinski definition) is 4. The van der Waals surface area contributed by atoms with Crippen molar-refractivity contribution >= 4 is 11.6 Å². The molecule has 1 aromatic rings. The van der Waals surface area contributed by atoms with Gasteiger partial charge in [0.05, 0.1) is 5.71 Å². The van der Waals surface area contributed by atoms with Crippen LogP contribution in [0.4, 0.5) is 0 Å². The van der Waals surface area contributed by atoms with Gasteiger partial charge in [0, 0.05) is 16.7 Å². The van der Waals surface area contributed by atoms with Crippen molar-refractivity contribution in [2.24, 2.45) is 5.16 Å². The van der Waals surface area contributed by atoms with E-state index < -0.39 is 0 Å². The maximum absolute atomic E-state index is 11.8. The second-order valence-electron chi connectivity index (χ2n) is 5.92. The second kappa shape index (κ2) is 5.53. The number of benzene rings is 1. The van der Waals surface area contributed by atoms with E-state index in [0.29, 0.717) is 17.9 Å². The van der Waals surface area contributed by atoms with Crippen LogP contribution in [0.5, 0.6) is 5.75 Å². The number of hydrogen-bond donors (Lipinski definition) is 2. The van der Waals surface area contributed by atoms with E-state index >= 15 is 0 Å². The van der Waals surface area contributed by atoms with Gasteiger partial charge in [0.2, 0.25) is 0 Å². The van der Waals surface area contributed by atoms with Gasteiger partial charge in [-0.1, -0.05) is 17.3 Å². The lowest BCUT2D eigenvalue weighted by Gasteiger charge is -2.20. The molecule has 2 rings (SSSR count). The molecule has 1 amide bonds. The van der Waals surface area contributed by atoms with Crippen LogP contribution in [0.1, 0.15) is 38.3 Å². The van der Waals surface area contributed by atoms with Gasteiger partial charge in [-0.3, -0.25) is 4.79 Å². The van der Waals surface area contributed by atoms with E-state index in [2.05, 4.69) is 10.5 Å². The molecule has 1 aliphatic carbocycles. The maximum Gasteiger partial charge on any atom is 0.258 e. The Hall–Kier alpha value is -2.04. The highest BCUT2D eigenvalue weighted by atomic mass is 16.5. The smallest absolute Gasteiger partial charge is 0.258 e. The van der Waals surface area contributed by atoms with Gasteiger partial charge in [0.1, 0.15) is 5.75 Å². The first kappa shape index (κ1) is 14.4. The minimum Gasteiger partial charge on any atom is -0.483 e. The maximum atomic E-state index is 11.8. The van der Waals surface area contributed by atoms with Gasteiger partial charge in [-0.05, 0) is 39.7 Å². The molecule has 0 fully saturated rings. The van der Waals surface area contributed by atoms with Crippen molar-refractivity contribution in [2.45, 2.75) is 39.2 Å². The summed E-state index contributed by atoms with van der Waals surface area (Å²) in [5.41, 5.74) is 2.31. The summed E-state index contributed by atoms with van der Waals surface area (Å²) in [6, 6.07) is 5.58. The molecule has 1 aliphatic rings. The van der Waals surface area contributed by atoms with Crippen LogP contribution in [0.3, 0.4) is 0 Å². The lowest BCUT2D eigenvalue weighted by Crippen LogP contribution is -2.43. The molecule has 0 bridgehead atoms. The van der Waals surface area contributed by atoms with E-state index in [0.717, 1.165) is 17.5 Å². The predicted octanol–water partition coefficient (Wildman–Crippen LogP) is 2.10. The molecule has 0 heterocycles. The first-order chi connectivity index (χ1) is 9.40. The van der Waals surface area contributed by atoms with Gasteiger partial charge >= 0.3 is 0 Å². The SMILES string of the molecule is CC(C)(C)NC(=O)COc1cccc2c1CCC2=NO. The van der Waals surface area contributed by atoms with Crippen molar-refractivity contribution in [3.63, 3.8) is 0 Å². The van der Waals surface area contributed by atoms with E-state index in [4.69, 9.17) is 9.94 Å². The predicted molar refractivity (Wildman–Crippen MR) is 76.5 cm³/mol. The minimum atomic E-state index is -0.268. The summed E-state index contributed by atoms with van der Waals surface area (Å²) in [5, 5.41) is 15.1. The summed E-state index contributed by atoms with van der Waals surface area (Å²) < 4.78 is 5.60. The topological polar surface area (TPSA) is 70.9 Å². The molecule has 5 nitrogen and oxygen atoms in total. The zero-order valence-electron chi connectivity index (χ0n) is 12.1. The quantitative estimate of drug-likeness (QED) is 0.656. The molecule has 0 saturated heterocycles. The van der Waals surface area contributed by atoms with Gasteiger partial charge in [0.15, 0.2) is 6.61 Å². The number of nitrogens with zero attached hydrogens (tertiary/aromatic N) is 1. The molecule has 0 spiro atoms. The van der Waals surface area contributed by atoms with Crippen LogP contribution in [0, 0.1) is 0 Å². The molecular formula is C15H20N2O3. The number of oxime groups is 1. The van der Waals surface area contributed by atoms with Gasteiger partial charge in [-0.2, -0.15) is 0 Å². The van der Waals surface area contributed by atoms with Crippen molar-refractivity contribution in [1.29, 1.82) is 0 Å². The highest BCUT2D eigenvalue weighted by Crippen LogP contribution is 2.30. The lowest BCUT2D eigenvalue weighted by atomic mass is 10.1. The molecule has 5 heteroatoms. The van der Waals surface area contributed by atoms with E-state index in [1.54, 1.807) is 0 Å². The monoisotopic (exact) mass is 276 g/mol. The fourth-order valence-corrected chi connectivity index (χ4v) is 2.31. The van der Waals surface area contributed by atoms with Gasteiger partial charge in [0.25, 0.3) is 5.91 Å². The van der Waals surface area contributed by atoms with Gasteiger partial charge in [-0.25, -0.2) is 0 Å². The lowest BCUT2D eigenvalue weighted by molar-refractivity contribution is -0.124. The Labute approximate surface area is 118 Å². The highest BCUT2D eigenvalue weighted by molar-refractivity contribution is 6.04. The number of nitrogens with one attached hydrogen (secondary N) is 1. The van der Waals surface area contributed by atoms with Crippen molar-refractivity contribution < 1.29 is 14.7 Å². The Morgan fingerprint density at radius 3 is 2.80 bits per heavy atom. The molecule has 0 atom stereocenters. The fourth-order valence-electron chi connectivity index (χ4n) is 2.31. The summed E-state index contributed by atoms with van der Waals surface area (Å²) in [6.45, 7) is 5.76. The number of fused-ring (bicyclic) bond motifs is 1. The number of rotatable bonds is 3. The first-order valence-electron chi connectivity index (χ1n) is 6.68. The zero-order chi connectivity index (χ0) is 14.8. The van der Waals surface area contributed by atoms with Crippen LogP contribution in [0.25, 0.3) is 0 Å². The number of amides is 1. The zero-order valence-corrected chi connectivity index (χ0v) is 12.1. The third-order valence-corrected chi connectivity index (χ3v) is 3.05. The van der Waals surface area contributed by atoms with Crippen LogP contribution in [-0.2, 0) is 11.2 Å². The van der Waals surface area contributed by atoms with Crippen LogP contribution in [-0.4, -0.2) is 29.0 Å². The van der Waals surface area contributed by atoms with Gasteiger partial charge < -0.3 is 15.3 Å². The molecule has 108 valence electrons. The third-order valence-electron chi connectivity index (χ3n) is 3.05. The molecule has 1 aromatic carbocycles. The molecule has 20 heavy (non-hydrogen) atoms. The molecule has 0 aromatic heterocycles. The van der Waals surface area contributed by atoms with E-state index in [1.165, 1.54) is 0 Å². The molecule has 0 aliphatic heterocycles. The molecule has 0 saturated carbocycles. The van der Waals surface area contributed by atoms with Crippen LogP contribution >= 0.6 is 0 Å². The molecule has 0 unspecified atom stereocenters. The average molecular weight is 276 g/mol. The summed E-state index contributed by atoms with van der Waals surface area (Å²) in [6.07, 6.45) is 1.46. The first-order valence-corrected chi connectivity index (χ1v) is 6.68. The van der Waals surface area contributed by atoms with E-state index in [9.17, 15) is 4.79 Å². The normalized spacial score (nSPS) is 16.1. The highest BCUT2D eigenvalue weighted by Gasteiger charge is 2.22. The third kappa shape index (κ3) is 3.29. The van der Waals surface area contributed by atoms with E-state index in [-0.39, 0.29) is 18.1 Å². The standard InChI is InChI=1S/C15H20N2O3/c1-15(2,3)16-14(18)9-20-13-6-4-5-10-11(13)7-8-12(10)17-19/h4-6,19H,7-9H2,1-3H3,(H,16,18). The Balaban J connectivity index is 2.05. The summed E-state index contributed by atoms with van der Waals surface area (Å²) in [4.78, 5) is 11.8. The second-order valence-corrected chi connectivity index (χ2v) is 5.92. The largest absolute Gasteiger partial charge is 0.483 e. The van der Waals surface area contributed by atoms with Crippen molar-refractivity contribution in [2.75, 3.05) is 6.61 Å². The summed E-state index contributed by atoms with van der Waals surface area (Å²) >= 11 is 0. The van der Waals surface area contributed by atoms with Crippen molar-refractivity contribution in [3.8, 4) is 5.75 Å². The number of ether oxygens (including phenoxy) is 1. The van der Waals surface area contributed by atoms with Crippen molar-refractivity contribution in [3.05, 3.63) is 29.3 Å². The molecule has 0 radical (unpaired) electrons. The Kier molecular flexibility index (Phi) is 3.97. The van der Waals surface area contributed by atoms with Crippen LogP contribution < -0.4 is 10.1 Å². The average Bonchev–Trinajstić information content (AvgIpc) is 2.77. The Morgan fingerprint density at radius 1 is 1.40 bits per heavy atom. The van der Waals surface area contributed by atoms with Gasteiger partial charge in [-0.15, -0.1) is 0 Å². The number of carbonyl (C=O) groups is 1.